The van der Waals surface area contributed by atoms with Gasteiger partial charge in [0.05, 0.1) is 34.6 Å². The lowest BCUT2D eigenvalue weighted by Crippen LogP contribution is -2.17. The van der Waals surface area contributed by atoms with Crippen molar-refractivity contribution < 1.29 is 31.1 Å². The Morgan fingerprint density at radius 3 is 2.36 bits per heavy atom. The Morgan fingerprint density at radius 1 is 1.09 bits per heavy atom. The summed E-state index contributed by atoms with van der Waals surface area (Å²) >= 11 is 0. The summed E-state index contributed by atoms with van der Waals surface area (Å²) in [5, 5.41) is 2.69. The van der Waals surface area contributed by atoms with Crippen molar-refractivity contribution in [3.63, 3.8) is 0 Å². The summed E-state index contributed by atoms with van der Waals surface area (Å²) in [6, 6.07) is 13.4. The van der Waals surface area contributed by atoms with Crippen LogP contribution in [0.1, 0.15) is 18.1 Å². The van der Waals surface area contributed by atoms with Crippen molar-refractivity contribution >= 4 is 21.4 Å². The summed E-state index contributed by atoms with van der Waals surface area (Å²) in [4.78, 5) is 16.8. The molecule has 33 heavy (non-hydrogen) atoms. The number of pyridine rings is 1. The number of carbonyl (C=O) groups excluding carboxylic acids is 1. The zero-order valence-corrected chi connectivity index (χ0v) is 18.6. The van der Waals surface area contributed by atoms with E-state index in [0.29, 0.717) is 22.5 Å². The van der Waals surface area contributed by atoms with Gasteiger partial charge < -0.3 is 10.1 Å². The smallest absolute Gasteiger partial charge is 0.405 e. The second kappa shape index (κ2) is 9.62. The van der Waals surface area contributed by atoms with Gasteiger partial charge >= 0.3 is 6.36 Å². The van der Waals surface area contributed by atoms with E-state index < -0.39 is 16.2 Å². The zero-order valence-electron chi connectivity index (χ0n) is 17.8. The molecule has 0 saturated heterocycles. The van der Waals surface area contributed by atoms with Crippen LogP contribution in [0.2, 0.25) is 0 Å². The molecule has 0 spiro atoms. The van der Waals surface area contributed by atoms with Gasteiger partial charge in [-0.1, -0.05) is 31.2 Å². The van der Waals surface area contributed by atoms with E-state index in [0.717, 1.165) is 0 Å². The number of sulfone groups is 1. The summed E-state index contributed by atoms with van der Waals surface area (Å²) in [7, 11) is -3.32. The minimum atomic E-state index is -4.84. The average Bonchev–Trinajstić information content (AvgIpc) is 2.74. The molecular weight excluding hydrogens is 457 g/mol. The van der Waals surface area contributed by atoms with Gasteiger partial charge in [0.15, 0.2) is 9.84 Å². The molecule has 3 aromatic rings. The first-order valence-electron chi connectivity index (χ1n) is 9.92. The number of hydrogen-bond donors (Lipinski definition) is 1. The fourth-order valence-corrected chi connectivity index (χ4v) is 4.06. The van der Waals surface area contributed by atoms with Crippen LogP contribution in [0.3, 0.4) is 0 Å². The first kappa shape index (κ1) is 24.2. The quantitative estimate of drug-likeness (QED) is 0.521. The molecule has 0 bridgehead atoms. The third-order valence-electron chi connectivity index (χ3n) is 4.76. The number of anilines is 1. The second-order valence-corrected chi connectivity index (χ2v) is 9.48. The number of carbonyl (C=O) groups is 1. The molecule has 3 rings (SSSR count). The van der Waals surface area contributed by atoms with Crippen molar-refractivity contribution in [3.05, 3.63) is 71.9 Å². The maximum absolute atomic E-state index is 12.7. The van der Waals surface area contributed by atoms with Crippen LogP contribution >= 0.6 is 0 Å². The van der Waals surface area contributed by atoms with Crippen LogP contribution in [0.15, 0.2) is 65.7 Å². The van der Waals surface area contributed by atoms with Gasteiger partial charge in [0.1, 0.15) is 5.75 Å². The Morgan fingerprint density at radius 2 is 1.76 bits per heavy atom. The highest BCUT2D eigenvalue weighted by Crippen LogP contribution is 2.34. The molecule has 174 valence electrons. The SMILES string of the molecule is CCS(=O)(=O)c1ccc(CC(=O)Nc2cnc(-c3ccccc3OC(F)(F)F)c(C)c2)cc1. The Kier molecular flexibility index (Phi) is 7.06. The number of alkyl halides is 3. The fourth-order valence-electron chi connectivity index (χ4n) is 3.17. The van der Waals surface area contributed by atoms with Crippen molar-refractivity contribution in [2.24, 2.45) is 0 Å². The first-order valence-corrected chi connectivity index (χ1v) is 11.6. The van der Waals surface area contributed by atoms with Crippen LogP contribution in [0.25, 0.3) is 11.3 Å². The fraction of sp³-hybridized carbons (Fsp3) is 0.217. The molecular formula is C23H21F3N2O4S. The van der Waals surface area contributed by atoms with Crippen LogP contribution in [-0.2, 0) is 21.1 Å². The number of aryl methyl sites for hydroxylation is 1. The molecule has 10 heteroatoms. The van der Waals surface area contributed by atoms with Crippen LogP contribution in [0.5, 0.6) is 5.75 Å². The van der Waals surface area contributed by atoms with Crippen LogP contribution in [0.4, 0.5) is 18.9 Å². The minimum absolute atomic E-state index is 0.00943. The number of rotatable bonds is 7. The highest BCUT2D eigenvalue weighted by molar-refractivity contribution is 7.91. The van der Waals surface area contributed by atoms with Gasteiger partial charge in [-0.15, -0.1) is 13.2 Å². The Hall–Kier alpha value is -3.40. The molecule has 1 heterocycles. The van der Waals surface area contributed by atoms with Gasteiger partial charge in [0.25, 0.3) is 0 Å². The van der Waals surface area contributed by atoms with Crippen LogP contribution in [-0.4, -0.2) is 31.4 Å². The standard InChI is InChI=1S/C23H21F3N2O4S/c1-3-33(30,31)18-10-8-16(9-11-18)13-21(29)28-17-12-15(2)22(27-14-17)19-6-4-5-7-20(19)32-23(24,25)26/h4-12,14H,3,13H2,1-2H3,(H,28,29). The second-order valence-electron chi connectivity index (χ2n) is 7.21. The maximum Gasteiger partial charge on any atom is 0.573 e. The van der Waals surface area contributed by atoms with E-state index in [2.05, 4.69) is 15.0 Å². The summed E-state index contributed by atoms with van der Waals surface area (Å²) in [6.07, 6.45) is -3.48. The predicted molar refractivity (Wildman–Crippen MR) is 118 cm³/mol. The average molecular weight is 478 g/mol. The number of nitrogens with zero attached hydrogens (tertiary/aromatic N) is 1. The molecule has 1 N–H and O–H groups in total. The molecule has 2 aromatic carbocycles. The van der Waals surface area contributed by atoms with E-state index in [-0.39, 0.29) is 34.3 Å². The minimum Gasteiger partial charge on any atom is -0.405 e. The molecule has 0 fully saturated rings. The first-order chi connectivity index (χ1) is 15.5. The Balaban J connectivity index is 1.73. The molecule has 0 aliphatic rings. The molecule has 0 radical (unpaired) electrons. The highest BCUT2D eigenvalue weighted by atomic mass is 32.2. The summed E-state index contributed by atoms with van der Waals surface area (Å²) in [5.74, 6) is -0.733. The lowest BCUT2D eigenvalue weighted by Gasteiger charge is -2.15. The maximum atomic E-state index is 12.7. The largest absolute Gasteiger partial charge is 0.573 e. The van der Waals surface area contributed by atoms with Crippen molar-refractivity contribution in [2.75, 3.05) is 11.1 Å². The molecule has 0 atom stereocenters. The van der Waals surface area contributed by atoms with E-state index in [4.69, 9.17) is 0 Å². The number of ether oxygens (including phenoxy) is 1. The molecule has 0 unspecified atom stereocenters. The van der Waals surface area contributed by atoms with E-state index in [1.807, 2.05) is 0 Å². The summed E-state index contributed by atoms with van der Waals surface area (Å²) in [5.41, 5.74) is 2.01. The molecule has 0 aliphatic heterocycles. The molecule has 0 aliphatic carbocycles. The molecule has 1 aromatic heterocycles. The number of amides is 1. The van der Waals surface area contributed by atoms with E-state index >= 15 is 0 Å². The third-order valence-corrected chi connectivity index (χ3v) is 6.51. The van der Waals surface area contributed by atoms with Crippen molar-refractivity contribution in [2.45, 2.75) is 31.5 Å². The topological polar surface area (TPSA) is 85.4 Å². The van der Waals surface area contributed by atoms with Gasteiger partial charge in [-0.25, -0.2) is 8.42 Å². The summed E-state index contributed by atoms with van der Waals surface area (Å²) in [6.45, 7) is 3.22. The number of halogens is 3. The van der Waals surface area contributed by atoms with Gasteiger partial charge in [-0.05, 0) is 48.4 Å². The lowest BCUT2D eigenvalue weighted by molar-refractivity contribution is -0.274. The molecule has 0 saturated carbocycles. The van der Waals surface area contributed by atoms with Crippen molar-refractivity contribution in [1.82, 2.24) is 4.98 Å². The van der Waals surface area contributed by atoms with E-state index in [1.54, 1.807) is 38.1 Å². The van der Waals surface area contributed by atoms with Gasteiger partial charge in [0.2, 0.25) is 5.91 Å². The Bertz CT molecular complexity index is 1260. The molecule has 1 amide bonds. The normalized spacial score (nSPS) is 11.8. The van der Waals surface area contributed by atoms with Gasteiger partial charge in [-0.2, -0.15) is 0 Å². The monoisotopic (exact) mass is 478 g/mol. The number of para-hydroxylation sites is 1. The number of aromatic nitrogens is 1. The predicted octanol–water partition coefficient (Wildman–Crippen LogP) is 4.93. The lowest BCUT2D eigenvalue weighted by atomic mass is 10.1. The number of benzene rings is 2. The zero-order chi connectivity index (χ0) is 24.2. The van der Waals surface area contributed by atoms with Gasteiger partial charge in [-0.3, -0.25) is 9.78 Å². The highest BCUT2D eigenvalue weighted by Gasteiger charge is 2.32. The molecule has 6 nitrogen and oxygen atoms in total. The third kappa shape index (κ3) is 6.32. The summed E-state index contributed by atoms with van der Waals surface area (Å²) < 4.78 is 66.0. The number of hydrogen-bond acceptors (Lipinski definition) is 5. The van der Waals surface area contributed by atoms with E-state index in [9.17, 15) is 26.4 Å². The van der Waals surface area contributed by atoms with E-state index in [1.165, 1.54) is 36.5 Å². The van der Waals surface area contributed by atoms with Crippen molar-refractivity contribution in [1.29, 1.82) is 0 Å². The Labute approximate surface area is 189 Å². The van der Waals surface area contributed by atoms with Crippen molar-refractivity contribution in [3.8, 4) is 17.0 Å². The van der Waals surface area contributed by atoms with Crippen LogP contribution in [0, 0.1) is 6.92 Å². The number of nitrogens with one attached hydrogen (secondary N) is 1. The van der Waals surface area contributed by atoms with Gasteiger partial charge in [0, 0.05) is 5.56 Å². The van der Waals surface area contributed by atoms with Crippen LogP contribution < -0.4 is 10.1 Å².